The Balaban J connectivity index is 2.31. The van der Waals surface area contributed by atoms with Crippen LogP contribution in [0.4, 0.5) is 5.82 Å². The van der Waals surface area contributed by atoms with Crippen LogP contribution in [-0.2, 0) is 0 Å². The Kier molecular flexibility index (Phi) is 4.42. The van der Waals surface area contributed by atoms with E-state index in [2.05, 4.69) is 42.0 Å². The maximum absolute atomic E-state index is 6.08. The molecule has 0 spiro atoms. The predicted octanol–water partition coefficient (Wildman–Crippen LogP) is 2.19. The molecular weight excluding hydrogens is 236 g/mol. The van der Waals surface area contributed by atoms with Crippen LogP contribution in [-0.4, -0.2) is 35.1 Å². The third-order valence-corrected chi connectivity index (χ3v) is 4.22. The van der Waals surface area contributed by atoms with Gasteiger partial charge in [-0.2, -0.15) is 0 Å². The van der Waals surface area contributed by atoms with Crippen molar-refractivity contribution < 1.29 is 0 Å². The number of nitrogens with zero attached hydrogens (tertiary/aromatic N) is 2. The maximum atomic E-state index is 6.08. The molecule has 1 aliphatic rings. The highest BCUT2D eigenvalue weighted by Crippen LogP contribution is 2.35. The molecule has 4 nitrogen and oxygen atoms in total. The molecule has 1 unspecified atom stereocenters. The molecule has 0 aromatic carbocycles. The van der Waals surface area contributed by atoms with E-state index in [4.69, 9.17) is 5.73 Å². The molecule has 1 aromatic rings. The number of anilines is 1. The molecule has 0 bridgehead atoms. The zero-order chi connectivity index (χ0) is 13.9. The maximum Gasteiger partial charge on any atom is 0.128 e. The number of pyridine rings is 1. The molecule has 19 heavy (non-hydrogen) atoms. The Bertz CT molecular complexity index is 410. The van der Waals surface area contributed by atoms with Crippen LogP contribution in [0.25, 0.3) is 0 Å². The smallest absolute Gasteiger partial charge is 0.128 e. The zero-order valence-corrected chi connectivity index (χ0v) is 12.3. The van der Waals surface area contributed by atoms with Crippen LogP contribution in [0.1, 0.15) is 45.2 Å². The van der Waals surface area contributed by atoms with Crippen molar-refractivity contribution in [3.05, 3.63) is 23.9 Å². The van der Waals surface area contributed by atoms with Crippen molar-refractivity contribution in [3.8, 4) is 0 Å². The quantitative estimate of drug-likeness (QED) is 0.854. The predicted molar refractivity (Wildman–Crippen MR) is 80.0 cm³/mol. The molecule has 0 aliphatic carbocycles. The van der Waals surface area contributed by atoms with Crippen LogP contribution >= 0.6 is 0 Å². The number of nitrogens with one attached hydrogen (secondary N) is 1. The first-order valence-corrected chi connectivity index (χ1v) is 7.26. The molecule has 1 atom stereocenters. The van der Waals surface area contributed by atoms with E-state index in [-0.39, 0.29) is 11.6 Å². The molecule has 2 heterocycles. The number of hydrogen-bond donors (Lipinski definition) is 2. The number of likely N-dealkylation sites (tertiary alicyclic amines) is 1. The number of hydrogen-bond acceptors (Lipinski definition) is 4. The van der Waals surface area contributed by atoms with Crippen molar-refractivity contribution in [2.75, 3.05) is 25.4 Å². The van der Waals surface area contributed by atoms with Gasteiger partial charge >= 0.3 is 0 Å². The van der Waals surface area contributed by atoms with E-state index < -0.39 is 0 Å². The van der Waals surface area contributed by atoms with Crippen molar-refractivity contribution in [2.24, 2.45) is 0 Å². The second-order valence-electron chi connectivity index (χ2n) is 5.82. The Morgan fingerprint density at radius 2 is 2.11 bits per heavy atom. The summed E-state index contributed by atoms with van der Waals surface area (Å²) in [6.07, 6.45) is 4.35. The lowest BCUT2D eigenvalue weighted by Gasteiger charge is -2.43. The molecule has 0 saturated carbocycles. The second kappa shape index (κ2) is 5.88. The molecule has 1 aromatic heterocycles. The topological polar surface area (TPSA) is 54.2 Å². The minimum atomic E-state index is 0.0453. The van der Waals surface area contributed by atoms with E-state index in [1.54, 1.807) is 6.20 Å². The van der Waals surface area contributed by atoms with Crippen molar-refractivity contribution in [2.45, 2.75) is 45.2 Å². The van der Waals surface area contributed by atoms with Gasteiger partial charge in [0.2, 0.25) is 0 Å². The molecule has 0 amide bonds. The van der Waals surface area contributed by atoms with E-state index in [1.807, 2.05) is 6.07 Å². The van der Waals surface area contributed by atoms with Crippen molar-refractivity contribution >= 4 is 5.82 Å². The van der Waals surface area contributed by atoms with E-state index in [0.29, 0.717) is 5.82 Å². The molecule has 0 radical (unpaired) electrons. The average Bonchev–Trinajstić information content (AvgIpc) is 2.91. The van der Waals surface area contributed by atoms with Crippen LogP contribution in [0.15, 0.2) is 18.3 Å². The minimum absolute atomic E-state index is 0.0453. The fraction of sp³-hybridized carbons (Fsp3) is 0.667. The number of nitrogens with two attached hydrogens (primary N) is 1. The van der Waals surface area contributed by atoms with Gasteiger partial charge in [0.05, 0.1) is 6.04 Å². The van der Waals surface area contributed by atoms with Crippen LogP contribution in [0, 0.1) is 0 Å². The van der Waals surface area contributed by atoms with Crippen molar-refractivity contribution in [1.29, 1.82) is 0 Å². The van der Waals surface area contributed by atoms with E-state index in [1.165, 1.54) is 25.9 Å². The third-order valence-electron chi connectivity index (χ3n) is 4.22. The molecule has 1 saturated heterocycles. The van der Waals surface area contributed by atoms with Crippen LogP contribution in [0.2, 0.25) is 0 Å². The van der Waals surface area contributed by atoms with E-state index in [0.717, 1.165) is 12.1 Å². The van der Waals surface area contributed by atoms with E-state index in [9.17, 15) is 0 Å². The van der Waals surface area contributed by atoms with Crippen LogP contribution < -0.4 is 11.1 Å². The normalized spacial score (nSPS) is 18.7. The fourth-order valence-corrected chi connectivity index (χ4v) is 3.09. The number of likely N-dealkylation sites (N-methyl/N-ethyl adjacent to an activating group) is 1. The Hall–Kier alpha value is -1.13. The molecule has 106 valence electrons. The Labute approximate surface area is 116 Å². The monoisotopic (exact) mass is 262 g/mol. The van der Waals surface area contributed by atoms with Crippen molar-refractivity contribution in [3.63, 3.8) is 0 Å². The number of aromatic nitrogens is 1. The molecule has 3 N–H and O–H groups in total. The Morgan fingerprint density at radius 3 is 2.68 bits per heavy atom. The first-order chi connectivity index (χ1) is 9.07. The Morgan fingerprint density at radius 1 is 1.42 bits per heavy atom. The lowest BCUT2D eigenvalue weighted by Crippen LogP contribution is -2.51. The summed E-state index contributed by atoms with van der Waals surface area (Å²) in [5.41, 5.74) is 7.24. The molecule has 2 rings (SSSR count). The summed E-state index contributed by atoms with van der Waals surface area (Å²) in [6.45, 7) is 10.0. The second-order valence-corrected chi connectivity index (χ2v) is 5.82. The van der Waals surface area contributed by atoms with Gasteiger partial charge in [0, 0.05) is 17.3 Å². The summed E-state index contributed by atoms with van der Waals surface area (Å²) in [4.78, 5) is 6.80. The van der Waals surface area contributed by atoms with Gasteiger partial charge in [-0.1, -0.05) is 13.0 Å². The van der Waals surface area contributed by atoms with Crippen LogP contribution in [0.5, 0.6) is 0 Å². The lowest BCUT2D eigenvalue weighted by atomic mass is 9.87. The highest BCUT2D eigenvalue weighted by Gasteiger charge is 2.38. The minimum Gasteiger partial charge on any atom is -0.383 e. The molecule has 1 fully saturated rings. The fourth-order valence-electron chi connectivity index (χ4n) is 3.09. The van der Waals surface area contributed by atoms with E-state index >= 15 is 0 Å². The molecule has 1 aliphatic heterocycles. The molecule has 4 heteroatoms. The van der Waals surface area contributed by atoms with Crippen LogP contribution in [0.3, 0.4) is 0 Å². The van der Waals surface area contributed by atoms with Gasteiger partial charge in [0.1, 0.15) is 5.82 Å². The van der Waals surface area contributed by atoms with Gasteiger partial charge < -0.3 is 11.1 Å². The summed E-state index contributed by atoms with van der Waals surface area (Å²) in [7, 11) is 0. The summed E-state index contributed by atoms with van der Waals surface area (Å²) < 4.78 is 0. The number of rotatable bonds is 5. The van der Waals surface area contributed by atoms with Gasteiger partial charge in [-0.05, 0) is 52.4 Å². The van der Waals surface area contributed by atoms with Crippen molar-refractivity contribution in [1.82, 2.24) is 15.2 Å². The van der Waals surface area contributed by atoms with Gasteiger partial charge in [-0.15, -0.1) is 0 Å². The summed E-state index contributed by atoms with van der Waals surface area (Å²) in [5, 5.41) is 3.60. The molecular formula is C15H26N4. The first kappa shape index (κ1) is 14.3. The first-order valence-electron chi connectivity index (χ1n) is 7.26. The third kappa shape index (κ3) is 2.90. The zero-order valence-electron chi connectivity index (χ0n) is 12.3. The number of nitrogen functional groups attached to an aromatic ring is 1. The SMILES string of the molecule is CCNC(c1cccnc1N)C(C)(C)N1CCCC1. The van der Waals surface area contributed by atoms with Gasteiger partial charge in [-0.25, -0.2) is 4.98 Å². The summed E-state index contributed by atoms with van der Waals surface area (Å²) >= 11 is 0. The van der Waals surface area contributed by atoms with Gasteiger partial charge in [0.25, 0.3) is 0 Å². The van der Waals surface area contributed by atoms with Gasteiger partial charge in [-0.3, -0.25) is 4.90 Å². The highest BCUT2D eigenvalue weighted by molar-refractivity contribution is 5.42. The lowest BCUT2D eigenvalue weighted by molar-refractivity contribution is 0.108. The highest BCUT2D eigenvalue weighted by atomic mass is 15.2. The largest absolute Gasteiger partial charge is 0.383 e. The van der Waals surface area contributed by atoms with Gasteiger partial charge in [0.15, 0.2) is 0 Å². The summed E-state index contributed by atoms with van der Waals surface area (Å²) in [6, 6.07) is 4.27. The average molecular weight is 262 g/mol. The standard InChI is InChI=1S/C15H26N4/c1-4-17-13(12-8-7-9-18-14(12)16)15(2,3)19-10-5-6-11-19/h7-9,13,17H,4-6,10-11H2,1-3H3,(H2,16,18). The summed E-state index contributed by atoms with van der Waals surface area (Å²) in [5.74, 6) is 0.640.